The van der Waals surface area contributed by atoms with Crippen molar-refractivity contribution in [3.63, 3.8) is 0 Å². The molecule has 5 heteroatoms. The summed E-state index contributed by atoms with van der Waals surface area (Å²) in [6, 6.07) is 16.8. The lowest BCUT2D eigenvalue weighted by Crippen LogP contribution is -2.46. The normalized spacial score (nSPS) is 15.0. The zero-order chi connectivity index (χ0) is 16.4. The van der Waals surface area contributed by atoms with Crippen LogP contribution >= 0.6 is 11.3 Å². The molecule has 1 fully saturated rings. The van der Waals surface area contributed by atoms with Gasteiger partial charge in [-0.05, 0) is 37.3 Å². The Bertz CT molecular complexity index is 810. The zero-order valence-electron chi connectivity index (χ0n) is 13.8. The molecule has 0 aliphatic carbocycles. The summed E-state index contributed by atoms with van der Waals surface area (Å²) >= 11 is 1.76. The molecule has 0 saturated carbocycles. The molecule has 1 saturated heterocycles. The summed E-state index contributed by atoms with van der Waals surface area (Å²) in [6.45, 7) is 6.78. The van der Waals surface area contributed by atoms with Crippen LogP contribution in [0.25, 0.3) is 10.2 Å². The Kier molecular flexibility index (Phi) is 4.26. The zero-order valence-corrected chi connectivity index (χ0v) is 14.6. The third-order valence-corrected chi connectivity index (χ3v) is 5.41. The Labute approximate surface area is 146 Å². The van der Waals surface area contributed by atoms with Gasteiger partial charge in [-0.2, -0.15) is 0 Å². The number of ether oxygens (including phenoxy) is 1. The minimum Gasteiger partial charge on any atom is -0.494 e. The molecule has 0 spiro atoms. The van der Waals surface area contributed by atoms with Gasteiger partial charge in [-0.15, -0.1) is 0 Å². The summed E-state index contributed by atoms with van der Waals surface area (Å²) in [5.41, 5.74) is 2.37. The molecule has 0 bridgehead atoms. The molecule has 0 atom stereocenters. The molecule has 0 unspecified atom stereocenters. The van der Waals surface area contributed by atoms with Crippen LogP contribution in [0.3, 0.4) is 0 Å². The Balaban J connectivity index is 1.48. The van der Waals surface area contributed by atoms with Crippen LogP contribution < -0.4 is 14.5 Å². The van der Waals surface area contributed by atoms with E-state index < -0.39 is 0 Å². The van der Waals surface area contributed by atoms with Crippen LogP contribution in [0.15, 0.2) is 48.5 Å². The predicted octanol–water partition coefficient (Wildman–Crippen LogP) is 4.02. The maximum absolute atomic E-state index is 5.59. The molecule has 1 aliphatic heterocycles. The van der Waals surface area contributed by atoms with Crippen molar-refractivity contribution in [2.45, 2.75) is 6.92 Å². The first-order chi connectivity index (χ1) is 11.8. The first-order valence-corrected chi connectivity index (χ1v) is 9.23. The first kappa shape index (κ1) is 15.3. The van der Waals surface area contributed by atoms with E-state index in [-0.39, 0.29) is 0 Å². The van der Waals surface area contributed by atoms with E-state index in [2.05, 4.69) is 52.3 Å². The minimum atomic E-state index is 0.693. The van der Waals surface area contributed by atoms with Crippen molar-refractivity contribution in [1.29, 1.82) is 0 Å². The Hall–Kier alpha value is -2.27. The quantitative estimate of drug-likeness (QED) is 0.718. The number of fused-ring (bicyclic) bond motifs is 1. The van der Waals surface area contributed by atoms with Gasteiger partial charge in [-0.25, -0.2) is 4.98 Å². The number of hydrogen-bond donors (Lipinski definition) is 0. The topological polar surface area (TPSA) is 28.6 Å². The van der Waals surface area contributed by atoms with E-state index in [1.807, 2.05) is 13.0 Å². The lowest BCUT2D eigenvalue weighted by atomic mass is 10.2. The van der Waals surface area contributed by atoms with E-state index >= 15 is 0 Å². The standard InChI is InChI=1S/C19H21N3OS/c1-2-23-16-8-9-17-18(14-16)24-19(20-17)22-12-10-21(11-13-22)15-6-4-3-5-7-15/h3-9,14H,2,10-13H2,1H3. The number of nitrogens with zero attached hydrogens (tertiary/aromatic N) is 3. The summed E-state index contributed by atoms with van der Waals surface area (Å²) in [7, 11) is 0. The van der Waals surface area contributed by atoms with Gasteiger partial charge in [0.05, 0.1) is 16.8 Å². The molecule has 4 nitrogen and oxygen atoms in total. The highest BCUT2D eigenvalue weighted by Gasteiger charge is 2.20. The number of rotatable bonds is 4. The molecule has 3 aromatic rings. The van der Waals surface area contributed by atoms with Gasteiger partial charge < -0.3 is 14.5 Å². The lowest BCUT2D eigenvalue weighted by Gasteiger charge is -2.35. The smallest absolute Gasteiger partial charge is 0.186 e. The van der Waals surface area contributed by atoms with Crippen molar-refractivity contribution in [2.75, 3.05) is 42.6 Å². The summed E-state index contributed by atoms with van der Waals surface area (Å²) in [6.07, 6.45) is 0. The second-order valence-electron chi connectivity index (χ2n) is 5.87. The molecule has 1 aromatic heterocycles. The van der Waals surface area contributed by atoms with Gasteiger partial charge in [-0.1, -0.05) is 29.5 Å². The predicted molar refractivity (Wildman–Crippen MR) is 102 cm³/mol. The molecule has 124 valence electrons. The third-order valence-electron chi connectivity index (χ3n) is 4.33. The second-order valence-corrected chi connectivity index (χ2v) is 6.88. The lowest BCUT2D eigenvalue weighted by molar-refractivity contribution is 0.341. The van der Waals surface area contributed by atoms with Crippen LogP contribution in [0.2, 0.25) is 0 Å². The minimum absolute atomic E-state index is 0.693. The fourth-order valence-corrected chi connectivity index (χ4v) is 4.12. The van der Waals surface area contributed by atoms with E-state index in [4.69, 9.17) is 9.72 Å². The van der Waals surface area contributed by atoms with Crippen molar-refractivity contribution in [2.24, 2.45) is 0 Å². The first-order valence-electron chi connectivity index (χ1n) is 8.42. The number of aromatic nitrogens is 1. The largest absolute Gasteiger partial charge is 0.494 e. The third kappa shape index (κ3) is 3.04. The molecule has 0 amide bonds. The molecule has 2 heterocycles. The monoisotopic (exact) mass is 339 g/mol. The molecule has 0 radical (unpaired) electrons. The van der Waals surface area contributed by atoms with Crippen LogP contribution in [0.1, 0.15) is 6.92 Å². The molecule has 1 aliphatic rings. The highest BCUT2D eigenvalue weighted by molar-refractivity contribution is 7.22. The van der Waals surface area contributed by atoms with Gasteiger partial charge in [-0.3, -0.25) is 0 Å². The molecule has 2 aromatic carbocycles. The van der Waals surface area contributed by atoms with Crippen LogP contribution in [0.5, 0.6) is 5.75 Å². The Morgan fingerprint density at radius 2 is 1.75 bits per heavy atom. The van der Waals surface area contributed by atoms with Gasteiger partial charge in [0.2, 0.25) is 0 Å². The number of piperazine rings is 1. The van der Waals surface area contributed by atoms with Crippen LogP contribution in [0, 0.1) is 0 Å². The number of anilines is 2. The van der Waals surface area contributed by atoms with E-state index in [9.17, 15) is 0 Å². The van der Waals surface area contributed by atoms with Crippen molar-refractivity contribution >= 4 is 32.4 Å². The SMILES string of the molecule is CCOc1ccc2nc(N3CCN(c4ccccc4)CC3)sc2c1. The highest BCUT2D eigenvalue weighted by Crippen LogP contribution is 2.32. The number of thiazole rings is 1. The maximum Gasteiger partial charge on any atom is 0.186 e. The molecular weight excluding hydrogens is 318 g/mol. The van der Waals surface area contributed by atoms with Crippen molar-refractivity contribution < 1.29 is 4.74 Å². The van der Waals surface area contributed by atoms with E-state index in [0.717, 1.165) is 42.6 Å². The van der Waals surface area contributed by atoms with E-state index in [0.29, 0.717) is 6.61 Å². The number of para-hydroxylation sites is 1. The number of hydrogen-bond acceptors (Lipinski definition) is 5. The summed E-state index contributed by atoms with van der Waals surface area (Å²) < 4.78 is 6.79. The van der Waals surface area contributed by atoms with Gasteiger partial charge in [0, 0.05) is 31.9 Å². The highest BCUT2D eigenvalue weighted by atomic mass is 32.1. The fourth-order valence-electron chi connectivity index (χ4n) is 3.08. The van der Waals surface area contributed by atoms with E-state index in [1.54, 1.807) is 11.3 Å². The van der Waals surface area contributed by atoms with Crippen LogP contribution in [-0.4, -0.2) is 37.8 Å². The molecule has 4 rings (SSSR count). The van der Waals surface area contributed by atoms with Gasteiger partial charge in [0.15, 0.2) is 5.13 Å². The summed E-state index contributed by atoms with van der Waals surface area (Å²) in [4.78, 5) is 9.64. The second kappa shape index (κ2) is 6.69. The van der Waals surface area contributed by atoms with Crippen molar-refractivity contribution in [3.8, 4) is 5.75 Å². The van der Waals surface area contributed by atoms with Crippen molar-refractivity contribution in [1.82, 2.24) is 4.98 Å². The van der Waals surface area contributed by atoms with Gasteiger partial charge >= 0.3 is 0 Å². The summed E-state index contributed by atoms with van der Waals surface area (Å²) in [5, 5.41) is 1.12. The molecular formula is C19H21N3OS. The fraction of sp³-hybridized carbons (Fsp3) is 0.316. The Morgan fingerprint density at radius 1 is 1.00 bits per heavy atom. The Morgan fingerprint density at radius 3 is 2.50 bits per heavy atom. The average molecular weight is 339 g/mol. The van der Waals surface area contributed by atoms with Crippen molar-refractivity contribution in [3.05, 3.63) is 48.5 Å². The maximum atomic E-state index is 5.59. The van der Waals surface area contributed by atoms with Gasteiger partial charge in [0.25, 0.3) is 0 Å². The number of benzene rings is 2. The average Bonchev–Trinajstić information content (AvgIpc) is 3.06. The molecule has 0 N–H and O–H groups in total. The van der Waals surface area contributed by atoms with E-state index in [1.165, 1.54) is 10.4 Å². The summed E-state index contributed by atoms with van der Waals surface area (Å²) in [5.74, 6) is 0.925. The van der Waals surface area contributed by atoms with Crippen LogP contribution in [-0.2, 0) is 0 Å². The van der Waals surface area contributed by atoms with Crippen LogP contribution in [0.4, 0.5) is 10.8 Å². The van der Waals surface area contributed by atoms with Gasteiger partial charge in [0.1, 0.15) is 5.75 Å². The molecule has 24 heavy (non-hydrogen) atoms.